The van der Waals surface area contributed by atoms with E-state index in [-0.39, 0.29) is 16.7 Å². The highest BCUT2D eigenvalue weighted by Gasteiger charge is 2.39. The van der Waals surface area contributed by atoms with Crippen LogP contribution in [0.5, 0.6) is 0 Å². The Morgan fingerprint density at radius 2 is 1.70 bits per heavy atom. The highest BCUT2D eigenvalue weighted by atomic mass is 19.1. The fourth-order valence-electron chi connectivity index (χ4n) is 2.13. The molecule has 1 aliphatic rings. The summed E-state index contributed by atoms with van der Waals surface area (Å²) in [6.07, 6.45) is 0. The first-order valence-corrected chi connectivity index (χ1v) is 6.42. The lowest BCUT2D eigenvalue weighted by atomic mass is 10.1. The van der Waals surface area contributed by atoms with Crippen molar-refractivity contribution in [2.45, 2.75) is 0 Å². The number of hydroxylamine groups is 2. The maximum Gasteiger partial charge on any atom is 0.366 e. The molecule has 0 N–H and O–H groups in total. The van der Waals surface area contributed by atoms with E-state index in [4.69, 9.17) is 10.1 Å². The van der Waals surface area contributed by atoms with Crippen molar-refractivity contribution in [1.29, 1.82) is 5.26 Å². The molecule has 0 fully saturated rings. The molecule has 3 rings (SSSR count). The number of carbonyl (C=O) groups excluding carboxylic acids is 3. The molecular weight excluding hydrogens is 303 g/mol. The van der Waals surface area contributed by atoms with Gasteiger partial charge in [-0.1, -0.05) is 17.2 Å². The van der Waals surface area contributed by atoms with E-state index < -0.39 is 29.2 Å². The van der Waals surface area contributed by atoms with Crippen LogP contribution in [0.4, 0.5) is 4.39 Å². The molecular formula is C16H7FN2O4. The van der Waals surface area contributed by atoms with Crippen LogP contribution < -0.4 is 0 Å². The summed E-state index contributed by atoms with van der Waals surface area (Å²) in [5, 5.41) is 8.96. The lowest BCUT2D eigenvalue weighted by molar-refractivity contribution is -0.0587. The van der Waals surface area contributed by atoms with Crippen LogP contribution in [0, 0.1) is 17.1 Å². The van der Waals surface area contributed by atoms with Crippen LogP contribution >= 0.6 is 0 Å². The van der Waals surface area contributed by atoms with Gasteiger partial charge < -0.3 is 4.84 Å². The van der Waals surface area contributed by atoms with Crippen LogP contribution in [0.25, 0.3) is 0 Å². The van der Waals surface area contributed by atoms with Crippen LogP contribution in [0.2, 0.25) is 0 Å². The first-order valence-electron chi connectivity index (χ1n) is 6.42. The molecule has 0 aliphatic carbocycles. The van der Waals surface area contributed by atoms with Gasteiger partial charge in [0.15, 0.2) is 0 Å². The third kappa shape index (κ3) is 2.32. The molecule has 0 spiro atoms. The molecule has 0 bridgehead atoms. The minimum atomic E-state index is -1.21. The van der Waals surface area contributed by atoms with Crippen LogP contribution in [0.15, 0.2) is 42.5 Å². The lowest BCUT2D eigenvalue weighted by Crippen LogP contribution is -2.33. The summed E-state index contributed by atoms with van der Waals surface area (Å²) in [6.45, 7) is 0. The number of nitriles is 1. The summed E-state index contributed by atoms with van der Waals surface area (Å²) in [6, 6.07) is 10.8. The summed E-state index contributed by atoms with van der Waals surface area (Å²) in [5.74, 6) is -3.78. The van der Waals surface area contributed by atoms with Crippen molar-refractivity contribution in [3.05, 3.63) is 70.5 Å². The number of halogens is 1. The van der Waals surface area contributed by atoms with Crippen molar-refractivity contribution in [2.75, 3.05) is 0 Å². The minimum absolute atomic E-state index is 0.0276. The Balaban J connectivity index is 1.86. The maximum absolute atomic E-state index is 13.8. The molecule has 7 heteroatoms. The smallest absolute Gasteiger partial charge is 0.324 e. The van der Waals surface area contributed by atoms with E-state index in [0.717, 1.165) is 12.1 Å². The van der Waals surface area contributed by atoms with Gasteiger partial charge in [-0.3, -0.25) is 9.59 Å². The number of rotatable bonds is 2. The SMILES string of the molecule is N#Cc1ccc(C(=O)ON2C(=O)c3ccccc3C2=O)c(F)c1. The van der Waals surface area contributed by atoms with E-state index in [1.807, 2.05) is 0 Å². The Kier molecular flexibility index (Phi) is 3.35. The van der Waals surface area contributed by atoms with Crippen LogP contribution in [-0.4, -0.2) is 22.8 Å². The van der Waals surface area contributed by atoms with Gasteiger partial charge in [-0.05, 0) is 30.3 Å². The highest BCUT2D eigenvalue weighted by Crippen LogP contribution is 2.23. The van der Waals surface area contributed by atoms with Crippen LogP contribution in [0.3, 0.4) is 0 Å². The Bertz CT molecular complexity index is 866. The molecule has 0 saturated heterocycles. The van der Waals surface area contributed by atoms with Crippen molar-refractivity contribution >= 4 is 17.8 Å². The molecule has 2 amide bonds. The van der Waals surface area contributed by atoms with E-state index in [2.05, 4.69) is 0 Å². The van der Waals surface area contributed by atoms with Crippen molar-refractivity contribution in [1.82, 2.24) is 5.06 Å². The normalized spacial score (nSPS) is 12.8. The molecule has 112 valence electrons. The number of amides is 2. The lowest BCUT2D eigenvalue weighted by Gasteiger charge is -2.12. The van der Waals surface area contributed by atoms with Gasteiger partial charge in [0.05, 0.1) is 28.3 Å². The van der Waals surface area contributed by atoms with Gasteiger partial charge in [0.25, 0.3) is 11.8 Å². The molecule has 6 nitrogen and oxygen atoms in total. The van der Waals surface area contributed by atoms with Gasteiger partial charge in [0.2, 0.25) is 0 Å². The second-order valence-electron chi connectivity index (χ2n) is 4.64. The molecule has 0 saturated carbocycles. The van der Waals surface area contributed by atoms with Gasteiger partial charge in [0.1, 0.15) is 5.82 Å². The third-order valence-electron chi connectivity index (χ3n) is 3.25. The first-order chi connectivity index (χ1) is 11.0. The number of hydrogen-bond donors (Lipinski definition) is 0. The van der Waals surface area contributed by atoms with E-state index in [0.29, 0.717) is 5.06 Å². The predicted octanol–water partition coefficient (Wildman–Crippen LogP) is 2.07. The fourth-order valence-corrected chi connectivity index (χ4v) is 2.13. The Morgan fingerprint density at radius 1 is 1.09 bits per heavy atom. The van der Waals surface area contributed by atoms with E-state index >= 15 is 0 Å². The van der Waals surface area contributed by atoms with Crippen molar-refractivity contribution in [2.24, 2.45) is 0 Å². The summed E-state index contributed by atoms with van der Waals surface area (Å²) >= 11 is 0. The molecule has 0 unspecified atom stereocenters. The zero-order chi connectivity index (χ0) is 16.6. The summed E-state index contributed by atoms with van der Waals surface area (Å²) in [4.78, 5) is 40.8. The number of hydrogen-bond acceptors (Lipinski definition) is 5. The van der Waals surface area contributed by atoms with Gasteiger partial charge >= 0.3 is 5.97 Å². The summed E-state index contributed by atoms with van der Waals surface area (Å²) in [5.41, 5.74) is -0.253. The molecule has 0 aromatic heterocycles. The monoisotopic (exact) mass is 310 g/mol. The Morgan fingerprint density at radius 3 is 2.22 bits per heavy atom. The number of imide groups is 1. The quantitative estimate of drug-likeness (QED) is 0.792. The summed E-state index contributed by atoms with van der Waals surface area (Å²) < 4.78 is 13.8. The van der Waals surface area contributed by atoms with E-state index in [9.17, 15) is 18.8 Å². The molecule has 2 aromatic rings. The number of carbonyl (C=O) groups is 3. The second kappa shape index (κ2) is 5.35. The average Bonchev–Trinajstić information content (AvgIpc) is 2.80. The van der Waals surface area contributed by atoms with Gasteiger partial charge in [-0.15, -0.1) is 0 Å². The molecule has 2 aromatic carbocycles. The van der Waals surface area contributed by atoms with Crippen molar-refractivity contribution in [3.63, 3.8) is 0 Å². The predicted molar refractivity (Wildman–Crippen MR) is 73.5 cm³/mol. The van der Waals surface area contributed by atoms with Crippen LogP contribution in [0.1, 0.15) is 36.6 Å². The number of benzene rings is 2. The molecule has 0 atom stereocenters. The zero-order valence-corrected chi connectivity index (χ0v) is 11.4. The second-order valence-corrected chi connectivity index (χ2v) is 4.64. The molecule has 23 heavy (non-hydrogen) atoms. The van der Waals surface area contributed by atoms with E-state index in [1.54, 1.807) is 18.2 Å². The van der Waals surface area contributed by atoms with Gasteiger partial charge in [-0.2, -0.15) is 5.26 Å². The fraction of sp³-hybridized carbons (Fsp3) is 0. The minimum Gasteiger partial charge on any atom is -0.324 e. The van der Waals surface area contributed by atoms with Gasteiger partial charge in [0, 0.05) is 0 Å². The molecule has 0 radical (unpaired) electrons. The highest BCUT2D eigenvalue weighted by molar-refractivity contribution is 6.21. The topological polar surface area (TPSA) is 87.5 Å². The standard InChI is InChI=1S/C16H7FN2O4/c17-13-7-9(8-18)5-6-12(13)16(22)23-19-14(20)10-3-1-2-4-11(10)15(19)21/h1-7H. The number of fused-ring (bicyclic) bond motifs is 1. The van der Waals surface area contributed by atoms with Gasteiger partial charge in [-0.25, -0.2) is 9.18 Å². The number of nitrogens with zero attached hydrogens (tertiary/aromatic N) is 2. The summed E-state index contributed by atoms with van der Waals surface area (Å²) in [7, 11) is 0. The van der Waals surface area contributed by atoms with Crippen molar-refractivity contribution in [3.8, 4) is 6.07 Å². The van der Waals surface area contributed by atoms with Crippen molar-refractivity contribution < 1.29 is 23.6 Å². The largest absolute Gasteiger partial charge is 0.366 e. The molecule has 1 aliphatic heterocycles. The maximum atomic E-state index is 13.8. The Hall–Kier alpha value is -3.53. The molecule has 1 heterocycles. The third-order valence-corrected chi connectivity index (χ3v) is 3.25. The average molecular weight is 310 g/mol. The van der Waals surface area contributed by atoms with Crippen LogP contribution in [-0.2, 0) is 4.84 Å². The first kappa shape index (κ1) is 14.4. The zero-order valence-electron chi connectivity index (χ0n) is 11.4. The Labute approximate surface area is 129 Å². The van der Waals surface area contributed by atoms with E-state index in [1.165, 1.54) is 18.2 Å².